The predicted molar refractivity (Wildman–Crippen MR) is 66.7 cm³/mol. The Morgan fingerprint density at radius 3 is 2.53 bits per heavy atom. The number of hydrogen-bond donors (Lipinski definition) is 1. The molecule has 0 bridgehead atoms. The fourth-order valence-electron chi connectivity index (χ4n) is 1.58. The summed E-state index contributed by atoms with van der Waals surface area (Å²) in [6.45, 7) is 1.49. The van der Waals surface area contributed by atoms with Gasteiger partial charge in [0.15, 0.2) is 6.10 Å². The summed E-state index contributed by atoms with van der Waals surface area (Å²) in [5, 5.41) is 11.1. The van der Waals surface area contributed by atoms with Crippen LogP contribution in [-0.4, -0.2) is 17.2 Å². The van der Waals surface area contributed by atoms with Crippen LogP contribution in [0.1, 0.15) is 6.92 Å². The van der Waals surface area contributed by atoms with Crippen molar-refractivity contribution in [3.05, 3.63) is 41.4 Å². The highest BCUT2D eigenvalue weighted by Crippen LogP contribution is 2.31. The summed E-state index contributed by atoms with van der Waals surface area (Å²) in [4.78, 5) is 10.8. The van der Waals surface area contributed by atoms with Crippen molar-refractivity contribution < 1.29 is 14.6 Å². The van der Waals surface area contributed by atoms with Crippen LogP contribution < -0.4 is 4.74 Å². The molecular formula is C13H11ClO3. The summed E-state index contributed by atoms with van der Waals surface area (Å²) in [6.07, 6.45) is -0.889. The molecule has 0 heterocycles. The molecular weight excluding hydrogens is 240 g/mol. The molecule has 2 aromatic carbocycles. The Kier molecular flexibility index (Phi) is 3.20. The van der Waals surface area contributed by atoms with E-state index in [0.717, 1.165) is 10.8 Å². The fraction of sp³-hybridized carbons (Fsp3) is 0.154. The summed E-state index contributed by atoms with van der Waals surface area (Å²) in [5.41, 5.74) is 0. The second-order valence-corrected chi connectivity index (χ2v) is 4.10. The number of halogens is 1. The van der Waals surface area contributed by atoms with Crippen LogP contribution >= 0.6 is 11.6 Å². The van der Waals surface area contributed by atoms with Crippen molar-refractivity contribution in [2.24, 2.45) is 0 Å². The molecule has 1 N–H and O–H groups in total. The summed E-state index contributed by atoms with van der Waals surface area (Å²) >= 11 is 6.06. The Balaban J connectivity index is 2.48. The van der Waals surface area contributed by atoms with Crippen LogP contribution in [0.5, 0.6) is 5.75 Å². The molecule has 0 saturated heterocycles. The van der Waals surface area contributed by atoms with Crippen LogP contribution in [0.2, 0.25) is 5.02 Å². The molecule has 17 heavy (non-hydrogen) atoms. The smallest absolute Gasteiger partial charge is 0.344 e. The Labute approximate surface area is 104 Å². The molecule has 0 aliphatic heterocycles. The molecule has 0 aliphatic rings. The summed E-state index contributed by atoms with van der Waals surface area (Å²) < 4.78 is 5.39. The first-order valence-electron chi connectivity index (χ1n) is 5.16. The van der Waals surface area contributed by atoms with E-state index in [9.17, 15) is 4.79 Å². The van der Waals surface area contributed by atoms with Crippen molar-refractivity contribution in [2.75, 3.05) is 0 Å². The number of fused-ring (bicyclic) bond motifs is 1. The van der Waals surface area contributed by atoms with Gasteiger partial charge in [0.25, 0.3) is 0 Å². The third kappa shape index (κ3) is 2.34. The van der Waals surface area contributed by atoms with Crippen molar-refractivity contribution in [1.29, 1.82) is 0 Å². The molecule has 4 heteroatoms. The Hall–Kier alpha value is -1.74. The van der Waals surface area contributed by atoms with Gasteiger partial charge in [0, 0.05) is 15.8 Å². The maximum absolute atomic E-state index is 10.8. The molecule has 0 fully saturated rings. The molecule has 1 atom stereocenters. The van der Waals surface area contributed by atoms with Crippen LogP contribution in [0.15, 0.2) is 36.4 Å². The van der Waals surface area contributed by atoms with Gasteiger partial charge in [-0.25, -0.2) is 4.79 Å². The van der Waals surface area contributed by atoms with E-state index in [1.54, 1.807) is 12.1 Å². The van der Waals surface area contributed by atoms with Gasteiger partial charge in [0.05, 0.1) is 0 Å². The zero-order valence-corrected chi connectivity index (χ0v) is 9.94. The monoisotopic (exact) mass is 250 g/mol. The number of carboxylic acids is 1. The topological polar surface area (TPSA) is 46.5 Å². The van der Waals surface area contributed by atoms with Gasteiger partial charge in [-0.3, -0.25) is 0 Å². The van der Waals surface area contributed by atoms with Crippen molar-refractivity contribution in [2.45, 2.75) is 13.0 Å². The Bertz CT molecular complexity index is 566. The highest BCUT2D eigenvalue weighted by atomic mass is 35.5. The first-order chi connectivity index (χ1) is 8.09. The minimum atomic E-state index is -0.996. The fourth-order valence-corrected chi connectivity index (χ4v) is 1.81. The Morgan fingerprint density at radius 2 is 1.88 bits per heavy atom. The molecule has 0 radical (unpaired) electrons. The molecule has 1 unspecified atom stereocenters. The van der Waals surface area contributed by atoms with Gasteiger partial charge in [-0.1, -0.05) is 35.9 Å². The van der Waals surface area contributed by atoms with Crippen molar-refractivity contribution in [3.63, 3.8) is 0 Å². The minimum absolute atomic E-state index is 0.528. The zero-order valence-electron chi connectivity index (χ0n) is 9.18. The number of carboxylic acid groups (broad SMARTS) is 1. The number of rotatable bonds is 3. The molecule has 2 rings (SSSR count). The number of carbonyl (C=O) groups is 1. The summed E-state index contributed by atoms with van der Waals surface area (Å²) in [6, 6.07) is 10.8. The van der Waals surface area contributed by atoms with E-state index in [4.69, 9.17) is 21.4 Å². The lowest BCUT2D eigenvalue weighted by Crippen LogP contribution is -2.22. The maximum atomic E-state index is 10.8. The van der Waals surface area contributed by atoms with Gasteiger partial charge in [0.2, 0.25) is 0 Å². The molecule has 3 nitrogen and oxygen atoms in total. The molecule has 0 spiro atoms. The third-order valence-electron chi connectivity index (χ3n) is 2.48. The predicted octanol–water partition coefficient (Wildman–Crippen LogP) is 3.35. The first-order valence-corrected chi connectivity index (χ1v) is 5.54. The molecule has 0 amide bonds. The van der Waals surface area contributed by atoms with Gasteiger partial charge in [0.1, 0.15) is 5.75 Å². The van der Waals surface area contributed by atoms with E-state index in [1.165, 1.54) is 6.92 Å². The Morgan fingerprint density at radius 1 is 1.24 bits per heavy atom. The second kappa shape index (κ2) is 4.63. The lowest BCUT2D eigenvalue weighted by molar-refractivity contribution is -0.144. The largest absolute Gasteiger partial charge is 0.479 e. The van der Waals surface area contributed by atoms with Gasteiger partial charge in [-0.2, -0.15) is 0 Å². The number of aliphatic carboxylic acids is 1. The van der Waals surface area contributed by atoms with Crippen LogP contribution in [0, 0.1) is 0 Å². The third-order valence-corrected chi connectivity index (χ3v) is 2.81. The molecule has 2 aromatic rings. The van der Waals surface area contributed by atoms with E-state index < -0.39 is 12.1 Å². The van der Waals surface area contributed by atoms with Crippen LogP contribution in [0.25, 0.3) is 10.8 Å². The summed E-state index contributed by atoms with van der Waals surface area (Å²) in [5.74, 6) is -0.469. The maximum Gasteiger partial charge on any atom is 0.344 e. The number of hydrogen-bond acceptors (Lipinski definition) is 2. The quantitative estimate of drug-likeness (QED) is 0.909. The lowest BCUT2D eigenvalue weighted by atomic mass is 10.1. The van der Waals surface area contributed by atoms with Gasteiger partial charge in [-0.05, 0) is 19.1 Å². The van der Waals surface area contributed by atoms with Gasteiger partial charge >= 0.3 is 5.97 Å². The molecule has 0 aliphatic carbocycles. The standard InChI is InChI=1S/C13H11ClO3/c1-8(13(15)16)17-12-7-6-11(14)9-4-2-3-5-10(9)12/h2-8H,1H3,(H,15,16). The highest BCUT2D eigenvalue weighted by Gasteiger charge is 2.14. The highest BCUT2D eigenvalue weighted by molar-refractivity contribution is 6.35. The lowest BCUT2D eigenvalue weighted by Gasteiger charge is -2.13. The summed E-state index contributed by atoms with van der Waals surface area (Å²) in [7, 11) is 0. The van der Waals surface area contributed by atoms with Crippen LogP contribution in [0.3, 0.4) is 0 Å². The number of ether oxygens (including phenoxy) is 1. The van der Waals surface area contributed by atoms with Gasteiger partial charge < -0.3 is 9.84 Å². The van der Waals surface area contributed by atoms with E-state index in [-0.39, 0.29) is 0 Å². The average molecular weight is 251 g/mol. The van der Waals surface area contributed by atoms with Crippen LogP contribution in [0.4, 0.5) is 0 Å². The van der Waals surface area contributed by atoms with Gasteiger partial charge in [-0.15, -0.1) is 0 Å². The van der Waals surface area contributed by atoms with E-state index in [0.29, 0.717) is 10.8 Å². The molecule has 0 saturated carbocycles. The van der Waals surface area contributed by atoms with Crippen LogP contribution in [-0.2, 0) is 4.79 Å². The van der Waals surface area contributed by atoms with E-state index in [1.807, 2.05) is 24.3 Å². The number of benzene rings is 2. The second-order valence-electron chi connectivity index (χ2n) is 3.69. The van der Waals surface area contributed by atoms with Crippen molar-refractivity contribution in [1.82, 2.24) is 0 Å². The van der Waals surface area contributed by atoms with Crippen molar-refractivity contribution in [3.8, 4) is 5.75 Å². The molecule has 88 valence electrons. The van der Waals surface area contributed by atoms with Crippen molar-refractivity contribution >= 4 is 28.3 Å². The minimum Gasteiger partial charge on any atom is -0.479 e. The molecule has 0 aromatic heterocycles. The SMILES string of the molecule is CC(Oc1ccc(Cl)c2ccccc12)C(=O)O. The van der Waals surface area contributed by atoms with E-state index >= 15 is 0 Å². The first kappa shape index (κ1) is 11.7. The normalized spacial score (nSPS) is 12.4. The zero-order chi connectivity index (χ0) is 12.4. The van der Waals surface area contributed by atoms with E-state index in [2.05, 4.69) is 0 Å². The average Bonchev–Trinajstić information content (AvgIpc) is 2.33.